The second kappa shape index (κ2) is 8.75. The summed E-state index contributed by atoms with van der Waals surface area (Å²) < 4.78 is 68.3. The Morgan fingerprint density at radius 2 is 1.83 bits per heavy atom. The van der Waals surface area contributed by atoms with Gasteiger partial charge in [0.25, 0.3) is 0 Å². The predicted molar refractivity (Wildman–Crippen MR) is 82.1 cm³/mol. The second-order valence-electron chi connectivity index (χ2n) is 5.97. The minimum Gasteiger partial charge on any atom is -0.598 e. The number of ether oxygens (including phenoxy) is 1. The Morgan fingerprint density at radius 1 is 1.17 bits per heavy atom. The van der Waals surface area contributed by atoms with Crippen LogP contribution >= 0.6 is 0 Å². The lowest BCUT2D eigenvalue weighted by Gasteiger charge is -2.28. The highest BCUT2D eigenvalue weighted by atomic mass is 32.2. The number of rotatable bonds is 8. The molecule has 0 fully saturated rings. The minimum atomic E-state index is -2.97. The number of nitrogens with one attached hydrogen (secondary N) is 1. The fourth-order valence-corrected chi connectivity index (χ4v) is 2.67. The van der Waals surface area contributed by atoms with Crippen LogP contribution in [0.4, 0.5) is 17.6 Å². The summed E-state index contributed by atoms with van der Waals surface area (Å²) in [7, 11) is 0. The lowest BCUT2D eigenvalue weighted by molar-refractivity contribution is -0.0499. The number of alkyl halides is 4. The Labute approximate surface area is 136 Å². The number of benzene rings is 1. The topological polar surface area (TPSA) is 44.3 Å². The van der Waals surface area contributed by atoms with Crippen molar-refractivity contribution in [3.05, 3.63) is 29.8 Å². The van der Waals surface area contributed by atoms with Crippen molar-refractivity contribution in [2.24, 2.45) is 0 Å². The van der Waals surface area contributed by atoms with E-state index in [0.29, 0.717) is 5.56 Å². The number of hydrogen-bond donors (Lipinski definition) is 1. The van der Waals surface area contributed by atoms with Gasteiger partial charge in [-0.3, -0.25) is 0 Å². The van der Waals surface area contributed by atoms with Gasteiger partial charge >= 0.3 is 6.61 Å². The Hall–Kier alpha value is -0.990. The molecule has 0 saturated heterocycles. The molecule has 0 heterocycles. The first kappa shape index (κ1) is 20.1. The van der Waals surface area contributed by atoms with Gasteiger partial charge in [-0.1, -0.05) is 12.1 Å². The molecule has 3 nitrogen and oxygen atoms in total. The highest BCUT2D eigenvalue weighted by Gasteiger charge is 2.30. The highest BCUT2D eigenvalue weighted by molar-refractivity contribution is 7.90. The molecule has 1 aromatic carbocycles. The summed E-state index contributed by atoms with van der Waals surface area (Å²) in [6.07, 6.45) is -2.86. The molecule has 1 rings (SSSR count). The summed E-state index contributed by atoms with van der Waals surface area (Å²) in [5.41, 5.74) is 0.474. The van der Waals surface area contributed by atoms with E-state index in [9.17, 15) is 22.1 Å². The molecule has 0 saturated carbocycles. The normalized spacial score (nSPS) is 15.0. The van der Waals surface area contributed by atoms with Crippen molar-refractivity contribution in [1.29, 1.82) is 0 Å². The summed E-state index contributed by atoms with van der Waals surface area (Å²) in [4.78, 5) is 0. The van der Waals surface area contributed by atoms with Crippen LogP contribution in [0.15, 0.2) is 24.3 Å². The molecule has 0 spiro atoms. The summed E-state index contributed by atoms with van der Waals surface area (Å²) in [5, 5.41) is 0. The van der Waals surface area contributed by atoms with Gasteiger partial charge in [-0.15, -0.1) is 4.72 Å². The first-order valence-corrected chi connectivity index (χ1v) is 8.25. The highest BCUT2D eigenvalue weighted by Crippen LogP contribution is 2.27. The first-order valence-electron chi connectivity index (χ1n) is 7.10. The third kappa shape index (κ3) is 7.41. The van der Waals surface area contributed by atoms with E-state index in [-0.39, 0.29) is 18.6 Å². The van der Waals surface area contributed by atoms with Crippen molar-refractivity contribution >= 4 is 11.4 Å². The molecule has 0 amide bonds. The predicted octanol–water partition coefficient (Wildman–Crippen LogP) is 4.43. The van der Waals surface area contributed by atoms with Crippen molar-refractivity contribution < 1.29 is 26.9 Å². The SMILES string of the molecule is CC(C)(C)[S+]([O-])N[C@@H](CCC(F)F)c1cccc(OC(F)F)c1. The maximum absolute atomic E-state index is 12.5. The third-order valence-corrected chi connectivity index (χ3v) is 4.58. The average Bonchev–Trinajstić information content (AvgIpc) is 2.41. The van der Waals surface area contributed by atoms with E-state index in [1.165, 1.54) is 18.2 Å². The summed E-state index contributed by atoms with van der Waals surface area (Å²) >= 11 is -1.48. The van der Waals surface area contributed by atoms with Gasteiger partial charge in [-0.2, -0.15) is 8.78 Å². The van der Waals surface area contributed by atoms with Crippen LogP contribution in [0.2, 0.25) is 0 Å². The fraction of sp³-hybridized carbons (Fsp3) is 0.600. The molecule has 23 heavy (non-hydrogen) atoms. The molecule has 0 aliphatic carbocycles. The van der Waals surface area contributed by atoms with Crippen LogP contribution in [0.1, 0.15) is 45.2 Å². The van der Waals surface area contributed by atoms with Crippen molar-refractivity contribution in [2.45, 2.75) is 57.4 Å². The Kier molecular flexibility index (Phi) is 7.63. The van der Waals surface area contributed by atoms with E-state index < -0.39 is 35.2 Å². The number of hydrogen-bond acceptors (Lipinski definition) is 3. The lowest BCUT2D eigenvalue weighted by atomic mass is 10.0. The van der Waals surface area contributed by atoms with Crippen LogP contribution < -0.4 is 9.46 Å². The molecule has 0 aromatic heterocycles. The summed E-state index contributed by atoms with van der Waals surface area (Å²) in [5.74, 6) is -0.0668. The van der Waals surface area contributed by atoms with Gasteiger partial charge in [-0.25, -0.2) is 8.78 Å². The molecule has 1 aromatic rings. The Bertz CT molecular complexity index is 483. The molecule has 1 unspecified atom stereocenters. The first-order chi connectivity index (χ1) is 10.6. The Morgan fingerprint density at radius 3 is 2.35 bits per heavy atom. The van der Waals surface area contributed by atoms with E-state index >= 15 is 0 Å². The largest absolute Gasteiger partial charge is 0.598 e. The van der Waals surface area contributed by atoms with Crippen LogP contribution in [0, 0.1) is 0 Å². The zero-order valence-electron chi connectivity index (χ0n) is 13.2. The van der Waals surface area contributed by atoms with E-state index in [1.807, 2.05) is 0 Å². The van der Waals surface area contributed by atoms with Gasteiger partial charge in [0, 0.05) is 17.8 Å². The van der Waals surface area contributed by atoms with Gasteiger partial charge < -0.3 is 9.29 Å². The third-order valence-electron chi connectivity index (χ3n) is 2.96. The monoisotopic (exact) mass is 355 g/mol. The smallest absolute Gasteiger partial charge is 0.387 e. The average molecular weight is 355 g/mol. The zero-order valence-corrected chi connectivity index (χ0v) is 14.0. The summed E-state index contributed by atoms with van der Waals surface area (Å²) in [6.45, 7) is 2.27. The van der Waals surface area contributed by atoms with E-state index in [0.717, 1.165) is 0 Å². The summed E-state index contributed by atoms with van der Waals surface area (Å²) in [6, 6.07) is 5.13. The zero-order chi connectivity index (χ0) is 17.6. The van der Waals surface area contributed by atoms with Crippen molar-refractivity contribution in [3.63, 3.8) is 0 Å². The maximum Gasteiger partial charge on any atom is 0.387 e. The van der Waals surface area contributed by atoms with E-state index in [4.69, 9.17) is 0 Å². The van der Waals surface area contributed by atoms with Gasteiger partial charge in [0.2, 0.25) is 6.43 Å². The Balaban J connectivity index is 2.94. The minimum absolute atomic E-state index is 0.0254. The van der Waals surface area contributed by atoms with Gasteiger partial charge in [-0.05, 0) is 44.9 Å². The molecule has 0 radical (unpaired) electrons. The van der Waals surface area contributed by atoms with E-state index in [2.05, 4.69) is 9.46 Å². The number of halogens is 4. The molecule has 0 aliphatic rings. The molecule has 0 bridgehead atoms. The lowest BCUT2D eigenvalue weighted by Crippen LogP contribution is -2.41. The second-order valence-corrected chi connectivity index (χ2v) is 7.97. The molecule has 1 N–H and O–H groups in total. The molecule has 8 heteroatoms. The van der Waals surface area contributed by atoms with Crippen LogP contribution in [0.3, 0.4) is 0 Å². The van der Waals surface area contributed by atoms with Crippen LogP contribution in [0.25, 0.3) is 0 Å². The van der Waals surface area contributed by atoms with Crippen molar-refractivity contribution in [2.75, 3.05) is 0 Å². The van der Waals surface area contributed by atoms with Gasteiger partial charge in [0.15, 0.2) is 0 Å². The molecule has 132 valence electrons. The van der Waals surface area contributed by atoms with Crippen molar-refractivity contribution in [3.8, 4) is 5.75 Å². The quantitative estimate of drug-likeness (QED) is 0.554. The van der Waals surface area contributed by atoms with Crippen molar-refractivity contribution in [1.82, 2.24) is 4.72 Å². The molecule has 0 aliphatic heterocycles. The molecule has 2 atom stereocenters. The fourth-order valence-electron chi connectivity index (χ4n) is 1.80. The van der Waals surface area contributed by atoms with E-state index in [1.54, 1.807) is 26.8 Å². The van der Waals surface area contributed by atoms with Gasteiger partial charge in [0.1, 0.15) is 10.5 Å². The van der Waals surface area contributed by atoms with Gasteiger partial charge in [0.05, 0.1) is 6.04 Å². The molecular formula is C15H21F4NO2S. The van der Waals surface area contributed by atoms with Crippen LogP contribution in [-0.2, 0) is 11.4 Å². The maximum atomic E-state index is 12.5. The standard InChI is InChI=1S/C15H21F4NO2S/c1-15(2,3)23(21)20-12(7-8-13(16)17)10-5-4-6-11(9-10)22-14(18)19/h4-6,9,12-14,20H,7-8H2,1-3H3/t12-,23?/m0/s1. The van der Waals surface area contributed by atoms with Crippen LogP contribution in [-0.4, -0.2) is 22.3 Å². The molecular weight excluding hydrogens is 334 g/mol. The van der Waals surface area contributed by atoms with Crippen LogP contribution in [0.5, 0.6) is 5.75 Å².